The average Bonchev–Trinajstić information content (AvgIpc) is 3.70. The lowest BCUT2D eigenvalue weighted by molar-refractivity contribution is 0.0697. The minimum Gasteiger partial charge on any atom is -0.478 e. The lowest BCUT2D eigenvalue weighted by Crippen LogP contribution is -2.34. The van der Waals surface area contributed by atoms with Gasteiger partial charge in [-0.15, -0.1) is 0 Å². The zero-order valence-electron chi connectivity index (χ0n) is 18.1. The maximum atomic E-state index is 11.0. The van der Waals surface area contributed by atoms with E-state index in [2.05, 4.69) is 35.4 Å². The second-order valence-electron chi connectivity index (χ2n) is 9.68. The highest BCUT2D eigenvalue weighted by molar-refractivity contribution is 5.87. The molecule has 1 saturated heterocycles. The number of rotatable bonds is 8. The van der Waals surface area contributed by atoms with E-state index >= 15 is 0 Å². The number of hydrogen-bond acceptors (Lipinski definition) is 3. The molecule has 0 bridgehead atoms. The Morgan fingerprint density at radius 2 is 1.65 bits per heavy atom. The summed E-state index contributed by atoms with van der Waals surface area (Å²) < 4.78 is 0. The third kappa shape index (κ3) is 5.24. The average molecular weight is 417 g/mol. The van der Waals surface area contributed by atoms with Crippen molar-refractivity contribution in [2.45, 2.75) is 50.5 Å². The van der Waals surface area contributed by atoms with Gasteiger partial charge in [0.25, 0.3) is 0 Å². The van der Waals surface area contributed by atoms with Crippen LogP contribution in [0.4, 0.5) is 0 Å². The van der Waals surface area contributed by atoms with Gasteiger partial charge >= 0.3 is 5.97 Å². The maximum absolute atomic E-state index is 11.0. The van der Waals surface area contributed by atoms with Crippen molar-refractivity contribution >= 4 is 12.2 Å². The molecule has 1 aliphatic heterocycles. The van der Waals surface area contributed by atoms with Gasteiger partial charge in [-0.3, -0.25) is 9.89 Å². The van der Waals surface area contributed by atoms with Gasteiger partial charge in [-0.25, -0.2) is 4.79 Å². The Morgan fingerprint density at radius 3 is 2.29 bits per heavy atom. The predicted molar refractivity (Wildman–Crippen MR) is 124 cm³/mol. The number of hydrogen-bond donors (Lipinski definition) is 1. The van der Waals surface area contributed by atoms with Crippen LogP contribution in [-0.4, -0.2) is 41.8 Å². The van der Waals surface area contributed by atoms with Gasteiger partial charge in [0, 0.05) is 25.2 Å². The Kier molecular flexibility index (Phi) is 5.91. The molecule has 5 rings (SSSR count). The van der Waals surface area contributed by atoms with E-state index in [0.717, 1.165) is 32.1 Å². The van der Waals surface area contributed by atoms with E-state index in [9.17, 15) is 4.79 Å². The lowest BCUT2D eigenvalue weighted by Gasteiger charge is -2.31. The number of aromatic carboxylic acids is 1. The second-order valence-corrected chi connectivity index (χ2v) is 9.68. The molecule has 2 aromatic rings. The zero-order valence-corrected chi connectivity index (χ0v) is 18.1. The van der Waals surface area contributed by atoms with Crippen molar-refractivity contribution in [3.63, 3.8) is 0 Å². The van der Waals surface area contributed by atoms with Crippen molar-refractivity contribution in [3.8, 4) is 0 Å². The molecule has 1 unspecified atom stereocenters. The highest BCUT2D eigenvalue weighted by Crippen LogP contribution is 2.47. The summed E-state index contributed by atoms with van der Waals surface area (Å²) in [7, 11) is 0. The smallest absolute Gasteiger partial charge is 0.335 e. The Hall–Kier alpha value is -2.46. The molecular formula is C27H32N2O2. The zero-order chi connectivity index (χ0) is 21.2. The molecule has 0 amide bonds. The fourth-order valence-corrected chi connectivity index (χ4v) is 4.88. The minimum atomic E-state index is -0.864. The SMILES string of the molecule is O=C(O)c1ccc(CN2CCC(C/N=C/C3C[C@@H]3c3ccc(C4CC4)cc3)CC2)cc1. The van der Waals surface area contributed by atoms with E-state index < -0.39 is 5.97 Å². The van der Waals surface area contributed by atoms with Crippen molar-refractivity contribution in [1.82, 2.24) is 4.90 Å². The van der Waals surface area contributed by atoms with Crippen LogP contribution in [0.5, 0.6) is 0 Å². The summed E-state index contributed by atoms with van der Waals surface area (Å²) in [6, 6.07) is 16.6. The van der Waals surface area contributed by atoms with E-state index in [1.54, 1.807) is 12.1 Å². The first-order valence-corrected chi connectivity index (χ1v) is 11.8. The van der Waals surface area contributed by atoms with Crippen molar-refractivity contribution in [2.75, 3.05) is 19.6 Å². The Bertz CT molecular complexity index is 923. The Balaban J connectivity index is 1.02. The summed E-state index contributed by atoms with van der Waals surface area (Å²) >= 11 is 0. The highest BCUT2D eigenvalue weighted by Gasteiger charge is 2.37. The predicted octanol–water partition coefficient (Wildman–Crippen LogP) is 5.35. The standard InChI is InChI=1S/C27H32N2O2/c30-27(31)24-3-1-20(2-4-24)18-29-13-11-19(12-14-29)16-28-17-25-15-26(25)23-9-7-22(8-10-23)21-5-6-21/h1-4,7-10,17,19,21,25-26H,5-6,11-16,18H2,(H,30,31)/b28-17+/t25?,26-/m1/s1. The van der Waals surface area contributed by atoms with Crippen LogP contribution in [0, 0.1) is 11.8 Å². The minimum absolute atomic E-state index is 0.355. The number of nitrogens with zero attached hydrogens (tertiary/aromatic N) is 2. The van der Waals surface area contributed by atoms with Crippen molar-refractivity contribution < 1.29 is 9.90 Å². The fourth-order valence-electron chi connectivity index (χ4n) is 4.88. The monoisotopic (exact) mass is 416 g/mol. The van der Waals surface area contributed by atoms with E-state index in [1.807, 2.05) is 12.1 Å². The van der Waals surface area contributed by atoms with Crippen LogP contribution in [-0.2, 0) is 6.54 Å². The molecule has 4 nitrogen and oxygen atoms in total. The van der Waals surface area contributed by atoms with Gasteiger partial charge in [0.1, 0.15) is 0 Å². The molecule has 2 aliphatic carbocycles. The van der Waals surface area contributed by atoms with Crippen LogP contribution in [0.2, 0.25) is 0 Å². The third-order valence-electron chi connectivity index (χ3n) is 7.23. The van der Waals surface area contributed by atoms with Gasteiger partial charge < -0.3 is 5.11 Å². The molecule has 31 heavy (non-hydrogen) atoms. The quantitative estimate of drug-likeness (QED) is 0.590. The summed E-state index contributed by atoms with van der Waals surface area (Å²) in [5.74, 6) is 2.00. The number of carbonyl (C=O) groups is 1. The molecule has 1 heterocycles. The first-order valence-electron chi connectivity index (χ1n) is 11.8. The summed E-state index contributed by atoms with van der Waals surface area (Å²) in [4.78, 5) is 18.3. The molecule has 2 aromatic carbocycles. The molecule has 3 fully saturated rings. The summed E-state index contributed by atoms with van der Waals surface area (Å²) in [6.07, 6.45) is 8.62. The first kappa shape index (κ1) is 20.4. The van der Waals surface area contributed by atoms with E-state index in [4.69, 9.17) is 10.1 Å². The lowest BCUT2D eigenvalue weighted by atomic mass is 9.96. The molecule has 3 aliphatic rings. The number of carboxylic acid groups (broad SMARTS) is 1. The number of piperidine rings is 1. The van der Waals surface area contributed by atoms with Crippen LogP contribution in [0.3, 0.4) is 0 Å². The van der Waals surface area contributed by atoms with E-state index in [1.165, 1.54) is 48.8 Å². The first-order chi connectivity index (χ1) is 15.2. The molecule has 4 heteroatoms. The molecule has 162 valence electrons. The van der Waals surface area contributed by atoms with Crippen LogP contribution < -0.4 is 0 Å². The van der Waals surface area contributed by atoms with Crippen molar-refractivity contribution in [1.29, 1.82) is 0 Å². The summed E-state index contributed by atoms with van der Waals surface area (Å²) in [5.41, 5.74) is 4.56. The van der Waals surface area contributed by atoms with Crippen LogP contribution in [0.15, 0.2) is 53.5 Å². The number of carboxylic acids is 1. The summed E-state index contributed by atoms with van der Waals surface area (Å²) in [5, 5.41) is 9.02. The molecule has 1 N–H and O–H groups in total. The summed E-state index contributed by atoms with van der Waals surface area (Å²) in [6.45, 7) is 4.06. The van der Waals surface area contributed by atoms with Gasteiger partial charge in [0.05, 0.1) is 5.56 Å². The van der Waals surface area contributed by atoms with Gasteiger partial charge in [0.15, 0.2) is 0 Å². The van der Waals surface area contributed by atoms with Gasteiger partial charge in [-0.05, 0) is 91.8 Å². The van der Waals surface area contributed by atoms with Crippen LogP contribution >= 0.6 is 0 Å². The molecule has 0 spiro atoms. The van der Waals surface area contributed by atoms with Crippen LogP contribution in [0.25, 0.3) is 0 Å². The molecular weight excluding hydrogens is 384 g/mol. The highest BCUT2D eigenvalue weighted by atomic mass is 16.4. The Labute approximate surface area is 185 Å². The largest absolute Gasteiger partial charge is 0.478 e. The van der Waals surface area contributed by atoms with Crippen LogP contribution in [0.1, 0.15) is 71.0 Å². The van der Waals surface area contributed by atoms with Crippen molar-refractivity contribution in [2.24, 2.45) is 16.8 Å². The van der Waals surface area contributed by atoms with Crippen molar-refractivity contribution in [3.05, 3.63) is 70.8 Å². The number of likely N-dealkylation sites (tertiary alicyclic amines) is 1. The molecule has 0 radical (unpaired) electrons. The van der Waals surface area contributed by atoms with Gasteiger partial charge in [-0.1, -0.05) is 36.4 Å². The normalized spacial score (nSPS) is 24.5. The van der Waals surface area contributed by atoms with E-state index in [-0.39, 0.29) is 0 Å². The molecule has 2 saturated carbocycles. The third-order valence-corrected chi connectivity index (χ3v) is 7.23. The topological polar surface area (TPSA) is 52.9 Å². The second kappa shape index (κ2) is 8.96. The molecule has 2 atom stereocenters. The molecule has 0 aromatic heterocycles. The Morgan fingerprint density at radius 1 is 0.968 bits per heavy atom. The van der Waals surface area contributed by atoms with E-state index in [0.29, 0.717) is 23.3 Å². The number of aliphatic imine (C=N–C) groups is 1. The van der Waals surface area contributed by atoms with Gasteiger partial charge in [-0.2, -0.15) is 0 Å². The maximum Gasteiger partial charge on any atom is 0.335 e. The fraction of sp³-hybridized carbons (Fsp3) is 0.481. The number of benzene rings is 2. The van der Waals surface area contributed by atoms with Gasteiger partial charge in [0.2, 0.25) is 0 Å².